The molecule has 1 aliphatic heterocycles. The van der Waals surface area contributed by atoms with Crippen LogP contribution in [0.3, 0.4) is 0 Å². The summed E-state index contributed by atoms with van der Waals surface area (Å²) in [7, 11) is 0. The number of esters is 1. The van der Waals surface area contributed by atoms with Crippen LogP contribution < -0.4 is 0 Å². The number of carbonyl (C=O) groups is 1. The Morgan fingerprint density at radius 1 is 1.06 bits per heavy atom. The molecule has 0 bridgehead atoms. The van der Waals surface area contributed by atoms with Crippen molar-refractivity contribution >= 4 is 46.5 Å². The lowest BCUT2D eigenvalue weighted by Gasteiger charge is -2.32. The first-order chi connectivity index (χ1) is 14.2. The van der Waals surface area contributed by atoms with E-state index in [2.05, 4.69) is 0 Å². The van der Waals surface area contributed by atoms with Gasteiger partial charge >= 0.3 is 12.1 Å². The van der Waals surface area contributed by atoms with E-state index < -0.39 is 22.5 Å². The van der Waals surface area contributed by atoms with Crippen LogP contribution in [-0.4, -0.2) is 17.7 Å². The van der Waals surface area contributed by atoms with Crippen molar-refractivity contribution in [1.82, 2.24) is 0 Å². The Bertz CT molecular complexity index is 1040. The molecule has 1 heterocycles. The van der Waals surface area contributed by atoms with Gasteiger partial charge in [-0.1, -0.05) is 35.3 Å². The highest BCUT2D eigenvalue weighted by atomic mass is 35.5. The molecule has 0 saturated heterocycles. The highest BCUT2D eigenvalue weighted by Gasteiger charge is 2.58. The van der Waals surface area contributed by atoms with Crippen LogP contribution in [0.5, 0.6) is 0 Å². The molecule has 3 rings (SSSR count). The zero-order valence-corrected chi connectivity index (χ0v) is 19.7. The maximum absolute atomic E-state index is 14.3. The molecule has 2 nitrogen and oxygen atoms in total. The molecule has 0 fully saturated rings. The lowest BCUT2D eigenvalue weighted by atomic mass is 9.88. The average molecular weight is 489 g/mol. The third-order valence-corrected chi connectivity index (χ3v) is 6.70. The number of halogens is 5. The Morgan fingerprint density at radius 3 is 2.19 bits per heavy atom. The van der Waals surface area contributed by atoms with Crippen LogP contribution in [-0.2, 0) is 9.48 Å². The minimum absolute atomic E-state index is 0.0100. The predicted octanol–water partition coefficient (Wildman–Crippen LogP) is 8.19. The van der Waals surface area contributed by atoms with Crippen molar-refractivity contribution in [3.8, 4) is 0 Å². The fourth-order valence-corrected chi connectivity index (χ4v) is 5.12. The molecule has 1 atom stereocenters. The second kappa shape index (κ2) is 8.38. The van der Waals surface area contributed by atoms with Crippen molar-refractivity contribution in [2.45, 2.75) is 50.6 Å². The number of aryl methyl sites for hydroxylation is 1. The molecule has 0 radical (unpaired) electrons. The summed E-state index contributed by atoms with van der Waals surface area (Å²) in [4.78, 5) is 12.4. The number of rotatable bonds is 3. The number of thioether (sulfide) groups is 1. The van der Waals surface area contributed by atoms with Crippen LogP contribution in [0.15, 0.2) is 41.8 Å². The van der Waals surface area contributed by atoms with E-state index in [1.54, 1.807) is 45.9 Å². The Kier molecular flexibility index (Phi) is 6.49. The van der Waals surface area contributed by atoms with Crippen molar-refractivity contribution in [1.29, 1.82) is 0 Å². The van der Waals surface area contributed by atoms with Crippen LogP contribution >= 0.6 is 35.0 Å². The minimum atomic E-state index is -4.53. The maximum atomic E-state index is 14.3. The van der Waals surface area contributed by atoms with Gasteiger partial charge in [-0.15, -0.1) is 11.8 Å². The first-order valence-electron chi connectivity index (χ1n) is 9.46. The molecule has 31 heavy (non-hydrogen) atoms. The molecule has 2 aromatic carbocycles. The van der Waals surface area contributed by atoms with Gasteiger partial charge in [0.05, 0.1) is 5.56 Å². The number of hydrogen-bond donors (Lipinski definition) is 0. The molecule has 0 spiro atoms. The highest BCUT2D eigenvalue weighted by Crippen LogP contribution is 2.60. The van der Waals surface area contributed by atoms with E-state index in [0.717, 1.165) is 0 Å². The number of hydrogen-bond acceptors (Lipinski definition) is 3. The van der Waals surface area contributed by atoms with E-state index in [-0.39, 0.29) is 22.0 Å². The zero-order chi connectivity index (χ0) is 23.2. The third kappa shape index (κ3) is 5.07. The van der Waals surface area contributed by atoms with Gasteiger partial charge in [0, 0.05) is 16.5 Å². The lowest BCUT2D eigenvalue weighted by molar-refractivity contribution is -0.160. The van der Waals surface area contributed by atoms with Gasteiger partial charge in [-0.05, 0) is 79.6 Å². The molecule has 0 unspecified atom stereocenters. The van der Waals surface area contributed by atoms with E-state index in [4.69, 9.17) is 27.9 Å². The topological polar surface area (TPSA) is 26.3 Å². The fraction of sp³-hybridized carbons (Fsp3) is 0.348. The van der Waals surface area contributed by atoms with E-state index in [0.29, 0.717) is 34.0 Å². The number of allylic oxidation sites excluding steroid dienone is 1. The summed E-state index contributed by atoms with van der Waals surface area (Å²) in [5.41, 5.74) is 1.53. The van der Waals surface area contributed by atoms with Gasteiger partial charge in [-0.2, -0.15) is 13.2 Å². The summed E-state index contributed by atoms with van der Waals surface area (Å²) in [6, 6.07) is 8.97. The molecule has 0 aromatic heterocycles. The van der Waals surface area contributed by atoms with Gasteiger partial charge in [0.2, 0.25) is 0 Å². The normalized spacial score (nSPS) is 19.3. The smallest absolute Gasteiger partial charge is 0.407 e. The quantitative estimate of drug-likeness (QED) is 0.407. The van der Waals surface area contributed by atoms with E-state index in [9.17, 15) is 18.0 Å². The molecular formula is C23H21Cl2F3O2S. The van der Waals surface area contributed by atoms with Crippen molar-refractivity contribution in [3.05, 3.63) is 74.1 Å². The van der Waals surface area contributed by atoms with Crippen LogP contribution in [0.1, 0.15) is 54.2 Å². The van der Waals surface area contributed by atoms with Gasteiger partial charge in [0.1, 0.15) is 10.3 Å². The van der Waals surface area contributed by atoms with Gasteiger partial charge in [0.15, 0.2) is 0 Å². The molecule has 8 heteroatoms. The van der Waals surface area contributed by atoms with Gasteiger partial charge in [0.25, 0.3) is 0 Å². The molecule has 0 N–H and O–H groups in total. The lowest BCUT2D eigenvalue weighted by Crippen LogP contribution is -2.37. The summed E-state index contributed by atoms with van der Waals surface area (Å²) in [6.45, 7) is 7.05. The predicted molar refractivity (Wildman–Crippen MR) is 121 cm³/mol. The second-order valence-electron chi connectivity index (χ2n) is 8.45. The van der Waals surface area contributed by atoms with E-state index in [1.165, 1.54) is 23.6 Å². The monoisotopic (exact) mass is 488 g/mol. The summed E-state index contributed by atoms with van der Waals surface area (Å²) < 4.78 is 46.0. The fourth-order valence-electron chi connectivity index (χ4n) is 3.41. The Labute approximate surface area is 193 Å². The Hall–Kier alpha value is -1.63. The zero-order valence-electron chi connectivity index (χ0n) is 17.4. The average Bonchev–Trinajstić information content (AvgIpc) is 3.06. The maximum Gasteiger partial charge on any atom is 0.407 e. The van der Waals surface area contributed by atoms with Gasteiger partial charge in [-0.25, -0.2) is 4.79 Å². The summed E-state index contributed by atoms with van der Waals surface area (Å²) in [5, 5.41) is 1.82. The third-order valence-electron chi connectivity index (χ3n) is 4.84. The second-order valence-corrected chi connectivity index (χ2v) is 10.5. The van der Waals surface area contributed by atoms with Crippen molar-refractivity contribution in [3.63, 3.8) is 0 Å². The largest absolute Gasteiger partial charge is 0.456 e. The molecule has 166 valence electrons. The van der Waals surface area contributed by atoms with Crippen molar-refractivity contribution in [2.24, 2.45) is 0 Å². The Morgan fingerprint density at radius 2 is 1.68 bits per heavy atom. The first-order valence-corrected chi connectivity index (χ1v) is 11.1. The molecule has 0 amide bonds. The summed E-state index contributed by atoms with van der Waals surface area (Å²) in [5.74, 6) is -0.468. The number of ether oxygens (including phenoxy) is 1. The van der Waals surface area contributed by atoms with Crippen molar-refractivity contribution < 1.29 is 22.7 Å². The first kappa shape index (κ1) is 24.0. The molecule has 2 aromatic rings. The van der Waals surface area contributed by atoms with Crippen LogP contribution in [0, 0.1) is 6.92 Å². The molecule has 0 aliphatic carbocycles. The van der Waals surface area contributed by atoms with E-state index in [1.807, 2.05) is 0 Å². The SMILES string of the molecule is Cc1cc(C2=CS[C@](c3cc(Cl)cc(Cl)c3)(C(F)(F)F)C2)ccc1C(=O)OC(C)(C)C. The highest BCUT2D eigenvalue weighted by molar-refractivity contribution is 8.03. The van der Waals surface area contributed by atoms with Crippen LogP contribution in [0.4, 0.5) is 13.2 Å². The van der Waals surface area contributed by atoms with Crippen LogP contribution in [0.2, 0.25) is 10.0 Å². The number of alkyl halides is 3. The molecule has 1 aliphatic rings. The number of benzene rings is 2. The minimum Gasteiger partial charge on any atom is -0.456 e. The van der Waals surface area contributed by atoms with Crippen molar-refractivity contribution in [2.75, 3.05) is 0 Å². The molecule has 0 saturated carbocycles. The van der Waals surface area contributed by atoms with Gasteiger partial charge < -0.3 is 4.74 Å². The molecular weight excluding hydrogens is 468 g/mol. The number of carbonyl (C=O) groups excluding carboxylic acids is 1. The van der Waals surface area contributed by atoms with Gasteiger partial charge in [-0.3, -0.25) is 0 Å². The standard InChI is InChI=1S/C23H21Cl2F3O2S/c1-13-7-14(5-6-19(13)20(29)30-21(2,3)4)15-11-22(31-12-15,23(26,27)28)16-8-17(24)10-18(25)9-16/h5-10,12H,11H2,1-4H3/t22-/m1/s1. The summed E-state index contributed by atoms with van der Waals surface area (Å²) in [6.07, 6.45) is -4.81. The van der Waals surface area contributed by atoms with Crippen LogP contribution in [0.25, 0.3) is 5.57 Å². The Balaban J connectivity index is 1.94. The van der Waals surface area contributed by atoms with E-state index >= 15 is 0 Å². The summed E-state index contributed by atoms with van der Waals surface area (Å²) >= 11 is 12.7.